The summed E-state index contributed by atoms with van der Waals surface area (Å²) in [5, 5.41) is 4.76. The van der Waals surface area contributed by atoms with Gasteiger partial charge in [-0.05, 0) is 0 Å². The first-order chi connectivity index (χ1) is 8.70. The van der Waals surface area contributed by atoms with Crippen molar-refractivity contribution in [3.8, 4) is 0 Å². The van der Waals surface area contributed by atoms with Crippen LogP contribution in [0, 0.1) is 5.41 Å². The average molecular weight is 269 g/mol. The second-order valence-electron chi connectivity index (χ2n) is 5.48. The van der Waals surface area contributed by atoms with E-state index >= 15 is 0 Å². The smallest absolute Gasteiger partial charge is 0.246 e. The van der Waals surface area contributed by atoms with Crippen LogP contribution in [0.5, 0.6) is 0 Å². The lowest BCUT2D eigenvalue weighted by molar-refractivity contribution is -0.145. The van der Waals surface area contributed by atoms with Crippen LogP contribution in [0.2, 0.25) is 0 Å². The molecule has 7 heteroatoms. The van der Waals surface area contributed by atoms with Gasteiger partial charge in [0.15, 0.2) is 0 Å². The molecule has 1 rings (SSSR count). The predicted octanol–water partition coefficient (Wildman–Crippen LogP) is -0.976. The number of nitrogens with zero attached hydrogens (tertiary/aromatic N) is 1. The molecule has 19 heavy (non-hydrogen) atoms. The van der Waals surface area contributed by atoms with Crippen LogP contribution in [0.15, 0.2) is 0 Å². The van der Waals surface area contributed by atoms with Gasteiger partial charge in [-0.25, -0.2) is 0 Å². The molecule has 2 N–H and O–H groups in total. The molecule has 0 spiro atoms. The van der Waals surface area contributed by atoms with Gasteiger partial charge in [-0.2, -0.15) is 0 Å². The van der Waals surface area contributed by atoms with E-state index in [2.05, 4.69) is 10.6 Å². The molecule has 1 fully saturated rings. The van der Waals surface area contributed by atoms with Gasteiger partial charge in [-0.3, -0.25) is 24.5 Å². The molecule has 0 unspecified atom stereocenters. The van der Waals surface area contributed by atoms with E-state index in [-0.39, 0.29) is 37.9 Å². The predicted molar refractivity (Wildman–Crippen MR) is 66.8 cm³/mol. The number of hydrogen-bond donors (Lipinski definition) is 2. The molecule has 0 atom stereocenters. The molecule has 1 aliphatic heterocycles. The number of piperazine rings is 1. The Balaban J connectivity index is 2.37. The highest BCUT2D eigenvalue weighted by molar-refractivity contribution is 6.02. The Morgan fingerprint density at radius 2 is 1.74 bits per heavy atom. The van der Waals surface area contributed by atoms with Gasteiger partial charge < -0.3 is 10.2 Å². The maximum atomic E-state index is 11.8. The van der Waals surface area contributed by atoms with Crippen LogP contribution in [-0.2, 0) is 19.2 Å². The third-order valence-electron chi connectivity index (χ3n) is 2.61. The standard InChI is InChI=1S/C12H19N3O4/c1-12(2,3)11(19)13-5-4-10(18)15-6-8(16)14-9(17)7-15/h4-7H2,1-3H3,(H,13,19)(H,14,16,17). The third-order valence-corrected chi connectivity index (χ3v) is 2.61. The van der Waals surface area contributed by atoms with Crippen LogP contribution < -0.4 is 10.6 Å². The monoisotopic (exact) mass is 269 g/mol. The summed E-state index contributed by atoms with van der Waals surface area (Å²) in [5.41, 5.74) is -0.510. The van der Waals surface area contributed by atoms with Gasteiger partial charge >= 0.3 is 0 Å². The van der Waals surface area contributed by atoms with Crippen LogP contribution in [0.4, 0.5) is 0 Å². The minimum atomic E-state index is -0.510. The summed E-state index contributed by atoms with van der Waals surface area (Å²) in [4.78, 5) is 46.7. The zero-order valence-electron chi connectivity index (χ0n) is 11.4. The maximum Gasteiger partial charge on any atom is 0.246 e. The summed E-state index contributed by atoms with van der Waals surface area (Å²) >= 11 is 0. The van der Waals surface area contributed by atoms with Crippen LogP contribution in [0.25, 0.3) is 0 Å². The Bertz CT molecular complexity index is 396. The molecule has 1 heterocycles. The largest absolute Gasteiger partial charge is 0.355 e. The number of rotatable bonds is 3. The third kappa shape index (κ3) is 4.69. The SMILES string of the molecule is CC(C)(C)C(=O)NCCC(=O)N1CC(=O)NC(=O)C1. The first kappa shape index (κ1) is 15.1. The molecule has 1 aliphatic rings. The molecule has 106 valence electrons. The van der Waals surface area contributed by atoms with Gasteiger partial charge in [0.05, 0.1) is 0 Å². The molecule has 0 aliphatic carbocycles. The van der Waals surface area contributed by atoms with Crippen LogP contribution >= 0.6 is 0 Å². The molecule has 0 saturated carbocycles. The number of carbonyl (C=O) groups excluding carboxylic acids is 4. The minimum absolute atomic E-state index is 0.0718. The van der Waals surface area contributed by atoms with E-state index < -0.39 is 17.2 Å². The second kappa shape index (κ2) is 5.81. The summed E-state index contributed by atoms with van der Waals surface area (Å²) in [7, 11) is 0. The fraction of sp³-hybridized carbons (Fsp3) is 0.667. The normalized spacial score (nSPS) is 16.1. The number of carbonyl (C=O) groups is 4. The van der Waals surface area contributed by atoms with E-state index in [0.717, 1.165) is 0 Å². The molecular formula is C12H19N3O4. The van der Waals surface area contributed by atoms with E-state index in [1.807, 2.05) is 0 Å². The quantitative estimate of drug-likeness (QED) is 0.644. The molecule has 4 amide bonds. The van der Waals surface area contributed by atoms with Crippen molar-refractivity contribution in [3.05, 3.63) is 0 Å². The molecule has 0 aromatic heterocycles. The first-order valence-electron chi connectivity index (χ1n) is 6.09. The summed E-state index contributed by atoms with van der Waals surface area (Å²) < 4.78 is 0. The minimum Gasteiger partial charge on any atom is -0.355 e. The molecule has 1 saturated heterocycles. The molecular weight excluding hydrogens is 250 g/mol. The fourth-order valence-electron chi connectivity index (χ4n) is 1.52. The molecule has 0 bridgehead atoms. The topological polar surface area (TPSA) is 95.6 Å². The zero-order valence-corrected chi connectivity index (χ0v) is 11.4. The van der Waals surface area contributed by atoms with E-state index in [1.54, 1.807) is 20.8 Å². The summed E-state index contributed by atoms with van der Waals surface area (Å²) in [6.45, 7) is 5.30. The van der Waals surface area contributed by atoms with Crippen molar-refractivity contribution in [2.24, 2.45) is 5.41 Å². The zero-order chi connectivity index (χ0) is 14.6. The number of hydrogen-bond acceptors (Lipinski definition) is 4. The Hall–Kier alpha value is -1.92. The highest BCUT2D eigenvalue weighted by Crippen LogP contribution is 2.12. The van der Waals surface area contributed by atoms with Crippen molar-refractivity contribution in [2.45, 2.75) is 27.2 Å². The highest BCUT2D eigenvalue weighted by atomic mass is 16.2. The van der Waals surface area contributed by atoms with Crippen LogP contribution in [0.1, 0.15) is 27.2 Å². The van der Waals surface area contributed by atoms with Crippen molar-refractivity contribution in [1.82, 2.24) is 15.5 Å². The van der Waals surface area contributed by atoms with Gasteiger partial charge in [-0.15, -0.1) is 0 Å². The Morgan fingerprint density at radius 3 is 2.21 bits per heavy atom. The summed E-state index contributed by atoms with van der Waals surface area (Å²) in [5.74, 6) is -1.43. The Morgan fingerprint density at radius 1 is 1.21 bits per heavy atom. The van der Waals surface area contributed by atoms with Crippen LogP contribution in [0.3, 0.4) is 0 Å². The van der Waals surface area contributed by atoms with Crippen molar-refractivity contribution in [2.75, 3.05) is 19.6 Å². The Kier molecular flexibility index (Phi) is 4.63. The lowest BCUT2D eigenvalue weighted by Crippen LogP contribution is -2.53. The van der Waals surface area contributed by atoms with Crippen LogP contribution in [-0.4, -0.2) is 48.2 Å². The fourth-order valence-corrected chi connectivity index (χ4v) is 1.52. The van der Waals surface area contributed by atoms with Crippen molar-refractivity contribution in [1.29, 1.82) is 0 Å². The van der Waals surface area contributed by atoms with E-state index in [1.165, 1.54) is 4.90 Å². The van der Waals surface area contributed by atoms with E-state index in [9.17, 15) is 19.2 Å². The van der Waals surface area contributed by atoms with E-state index in [0.29, 0.717) is 0 Å². The number of imide groups is 1. The molecule has 0 aromatic carbocycles. The van der Waals surface area contributed by atoms with Gasteiger partial charge in [0.1, 0.15) is 13.1 Å². The van der Waals surface area contributed by atoms with E-state index in [4.69, 9.17) is 0 Å². The van der Waals surface area contributed by atoms with Crippen molar-refractivity contribution in [3.63, 3.8) is 0 Å². The van der Waals surface area contributed by atoms with Crippen molar-refractivity contribution >= 4 is 23.6 Å². The number of nitrogens with one attached hydrogen (secondary N) is 2. The van der Waals surface area contributed by atoms with Gasteiger partial charge in [0.2, 0.25) is 23.6 Å². The highest BCUT2D eigenvalue weighted by Gasteiger charge is 2.26. The van der Waals surface area contributed by atoms with Gasteiger partial charge in [-0.1, -0.05) is 20.8 Å². The summed E-state index contributed by atoms with van der Waals surface area (Å²) in [6.07, 6.45) is 0.0718. The summed E-state index contributed by atoms with van der Waals surface area (Å²) in [6, 6.07) is 0. The molecule has 0 radical (unpaired) electrons. The second-order valence-corrected chi connectivity index (χ2v) is 5.48. The lowest BCUT2D eigenvalue weighted by atomic mass is 9.96. The van der Waals surface area contributed by atoms with Gasteiger partial charge in [0.25, 0.3) is 0 Å². The maximum absolute atomic E-state index is 11.8. The molecule has 0 aromatic rings. The Labute approximate surface area is 111 Å². The first-order valence-corrected chi connectivity index (χ1v) is 6.09. The lowest BCUT2D eigenvalue weighted by Gasteiger charge is -2.25. The molecule has 7 nitrogen and oxygen atoms in total. The van der Waals surface area contributed by atoms with Gasteiger partial charge in [0, 0.05) is 18.4 Å². The van der Waals surface area contributed by atoms with Crippen molar-refractivity contribution < 1.29 is 19.2 Å². The number of amides is 4. The average Bonchev–Trinajstić information content (AvgIpc) is 2.26.